The molecular weight excluding hydrogens is 430 g/mol. The monoisotopic (exact) mass is 451 g/mol. The summed E-state index contributed by atoms with van der Waals surface area (Å²) >= 11 is 5.95. The highest BCUT2D eigenvalue weighted by Gasteiger charge is 2.47. The molecule has 32 heavy (non-hydrogen) atoms. The molecule has 1 unspecified atom stereocenters. The molecule has 1 fully saturated rings. The highest BCUT2D eigenvalue weighted by molar-refractivity contribution is 6.46. The molecule has 1 N–H and O–H groups in total. The zero-order valence-electron chi connectivity index (χ0n) is 17.7. The number of aliphatic hydroxyl groups is 1. The van der Waals surface area contributed by atoms with E-state index in [2.05, 4.69) is 0 Å². The minimum absolute atomic E-state index is 0.00863. The number of hydrogen-bond donors (Lipinski definition) is 1. The van der Waals surface area contributed by atoms with Crippen molar-refractivity contribution in [2.75, 3.05) is 13.7 Å². The summed E-state index contributed by atoms with van der Waals surface area (Å²) in [5.74, 6) is -0.611. The Morgan fingerprint density at radius 1 is 1.16 bits per heavy atom. The SMILES string of the molecule is COc1ccc(/C(O)=C2/C(=O)C(=O)N(CCc3ccc(Cl)cc3)C2c2ccco2)c(C)c1. The van der Waals surface area contributed by atoms with Crippen LogP contribution in [0.3, 0.4) is 0 Å². The molecular formula is C25H22ClNO5. The lowest BCUT2D eigenvalue weighted by Crippen LogP contribution is -2.31. The molecule has 7 heteroatoms. The van der Waals surface area contributed by atoms with E-state index in [-0.39, 0.29) is 17.9 Å². The molecule has 0 aliphatic carbocycles. The second-order valence-corrected chi connectivity index (χ2v) is 8.00. The Balaban J connectivity index is 1.74. The summed E-state index contributed by atoms with van der Waals surface area (Å²) in [6.45, 7) is 2.08. The van der Waals surface area contributed by atoms with E-state index in [1.165, 1.54) is 11.2 Å². The van der Waals surface area contributed by atoms with Crippen LogP contribution in [0.5, 0.6) is 5.75 Å². The van der Waals surface area contributed by atoms with Crippen LogP contribution in [0.25, 0.3) is 5.76 Å². The molecule has 0 spiro atoms. The van der Waals surface area contributed by atoms with Gasteiger partial charge in [-0.25, -0.2) is 0 Å². The normalized spacial score (nSPS) is 17.7. The van der Waals surface area contributed by atoms with Crippen LogP contribution in [-0.2, 0) is 16.0 Å². The Hall–Kier alpha value is -3.51. The summed E-state index contributed by atoms with van der Waals surface area (Å²) in [5.41, 5.74) is 2.15. The van der Waals surface area contributed by atoms with E-state index in [1.807, 2.05) is 12.1 Å². The number of rotatable bonds is 6. The quantitative estimate of drug-likeness (QED) is 0.327. The molecule has 0 radical (unpaired) electrons. The number of carbonyl (C=O) groups excluding carboxylic acids is 2. The van der Waals surface area contributed by atoms with E-state index in [0.29, 0.717) is 34.1 Å². The number of furan rings is 1. The molecule has 1 aromatic heterocycles. The summed E-state index contributed by atoms with van der Waals surface area (Å²) in [5, 5.41) is 11.8. The van der Waals surface area contributed by atoms with E-state index >= 15 is 0 Å². The van der Waals surface area contributed by atoms with Gasteiger partial charge in [0.05, 0.1) is 18.9 Å². The zero-order chi connectivity index (χ0) is 22.8. The molecule has 164 valence electrons. The van der Waals surface area contributed by atoms with Crippen molar-refractivity contribution in [2.45, 2.75) is 19.4 Å². The van der Waals surface area contributed by atoms with Crippen LogP contribution in [0.15, 0.2) is 70.9 Å². The Morgan fingerprint density at radius 2 is 1.91 bits per heavy atom. The van der Waals surface area contributed by atoms with Gasteiger partial charge in [0.1, 0.15) is 23.3 Å². The fraction of sp³-hybridized carbons (Fsp3) is 0.200. The van der Waals surface area contributed by atoms with Gasteiger partial charge >= 0.3 is 0 Å². The molecule has 1 atom stereocenters. The van der Waals surface area contributed by atoms with Crippen molar-refractivity contribution in [2.24, 2.45) is 0 Å². The Morgan fingerprint density at radius 3 is 2.53 bits per heavy atom. The fourth-order valence-electron chi connectivity index (χ4n) is 3.93. The maximum atomic E-state index is 13.0. The second kappa shape index (κ2) is 8.93. The van der Waals surface area contributed by atoms with Crippen LogP contribution >= 0.6 is 11.6 Å². The maximum Gasteiger partial charge on any atom is 0.295 e. The summed E-state index contributed by atoms with van der Waals surface area (Å²) in [6.07, 6.45) is 2.00. The highest BCUT2D eigenvalue weighted by Crippen LogP contribution is 2.40. The van der Waals surface area contributed by atoms with E-state index < -0.39 is 17.7 Å². The third-order valence-electron chi connectivity index (χ3n) is 5.60. The van der Waals surface area contributed by atoms with Crippen molar-refractivity contribution in [1.82, 2.24) is 4.90 Å². The number of carbonyl (C=O) groups is 2. The molecule has 1 aliphatic rings. The molecule has 1 saturated heterocycles. The Labute approximate surface area is 190 Å². The fourth-order valence-corrected chi connectivity index (χ4v) is 4.05. The minimum atomic E-state index is -0.821. The lowest BCUT2D eigenvalue weighted by molar-refractivity contribution is -0.140. The van der Waals surface area contributed by atoms with Gasteiger partial charge < -0.3 is 19.2 Å². The number of ether oxygens (including phenoxy) is 1. The number of amides is 1. The average Bonchev–Trinajstić information content (AvgIpc) is 3.40. The minimum Gasteiger partial charge on any atom is -0.507 e. The first-order chi connectivity index (χ1) is 15.4. The first-order valence-electron chi connectivity index (χ1n) is 10.1. The number of benzene rings is 2. The van der Waals surface area contributed by atoms with Crippen LogP contribution in [0.4, 0.5) is 0 Å². The van der Waals surface area contributed by atoms with Crippen molar-refractivity contribution < 1.29 is 23.8 Å². The Bertz CT molecular complexity index is 1180. The van der Waals surface area contributed by atoms with Gasteiger partial charge in [-0.3, -0.25) is 9.59 Å². The Kier molecular flexibility index (Phi) is 6.06. The van der Waals surface area contributed by atoms with E-state index in [0.717, 1.165) is 5.56 Å². The molecule has 1 aliphatic heterocycles. The third kappa shape index (κ3) is 4.01. The molecule has 0 saturated carbocycles. The first-order valence-corrected chi connectivity index (χ1v) is 10.5. The van der Waals surface area contributed by atoms with Crippen molar-refractivity contribution in [1.29, 1.82) is 0 Å². The number of hydrogen-bond acceptors (Lipinski definition) is 5. The average molecular weight is 452 g/mol. The molecule has 2 heterocycles. The molecule has 2 aromatic carbocycles. The number of aliphatic hydroxyl groups excluding tert-OH is 1. The van der Waals surface area contributed by atoms with E-state index in [4.69, 9.17) is 20.8 Å². The van der Waals surface area contributed by atoms with E-state index in [9.17, 15) is 14.7 Å². The van der Waals surface area contributed by atoms with Crippen LogP contribution in [-0.4, -0.2) is 35.4 Å². The summed E-state index contributed by atoms with van der Waals surface area (Å²) in [4.78, 5) is 27.4. The van der Waals surface area contributed by atoms with Crippen molar-refractivity contribution in [3.8, 4) is 5.75 Å². The zero-order valence-corrected chi connectivity index (χ0v) is 18.4. The number of methoxy groups -OCH3 is 1. The number of Topliss-reactive ketones (excluding diaryl/α,β-unsaturated/α-hetero) is 1. The van der Waals surface area contributed by atoms with Crippen molar-refractivity contribution in [3.05, 3.63) is 93.9 Å². The number of ketones is 1. The lowest BCUT2D eigenvalue weighted by atomic mass is 9.97. The summed E-state index contributed by atoms with van der Waals surface area (Å²) < 4.78 is 10.8. The smallest absolute Gasteiger partial charge is 0.295 e. The molecule has 3 aromatic rings. The van der Waals surface area contributed by atoms with Gasteiger partial charge in [-0.15, -0.1) is 0 Å². The topological polar surface area (TPSA) is 80.0 Å². The van der Waals surface area contributed by atoms with Crippen LogP contribution in [0.2, 0.25) is 5.02 Å². The van der Waals surface area contributed by atoms with Crippen LogP contribution < -0.4 is 4.74 Å². The predicted molar refractivity (Wildman–Crippen MR) is 121 cm³/mol. The molecule has 4 rings (SSSR count). The van der Waals surface area contributed by atoms with Crippen molar-refractivity contribution in [3.63, 3.8) is 0 Å². The molecule has 0 bridgehead atoms. The molecule has 1 amide bonds. The van der Waals surface area contributed by atoms with Crippen LogP contribution in [0, 0.1) is 6.92 Å². The largest absolute Gasteiger partial charge is 0.507 e. The highest BCUT2D eigenvalue weighted by atomic mass is 35.5. The number of likely N-dealkylation sites (tertiary alicyclic amines) is 1. The summed E-state index contributed by atoms with van der Waals surface area (Å²) in [7, 11) is 1.55. The number of aryl methyl sites for hydroxylation is 1. The van der Waals surface area contributed by atoms with Gasteiger partial charge in [0.2, 0.25) is 0 Å². The summed E-state index contributed by atoms with van der Waals surface area (Å²) in [6, 6.07) is 15.0. The van der Waals surface area contributed by atoms with Crippen LogP contribution in [0.1, 0.15) is 28.5 Å². The second-order valence-electron chi connectivity index (χ2n) is 7.57. The lowest BCUT2D eigenvalue weighted by Gasteiger charge is -2.23. The van der Waals surface area contributed by atoms with Gasteiger partial charge in [0, 0.05) is 17.1 Å². The standard InChI is InChI=1S/C25H22ClNO5/c1-15-14-18(31-2)9-10-19(15)23(28)21-22(20-4-3-13-32-20)27(25(30)24(21)29)12-11-16-5-7-17(26)8-6-16/h3-10,13-14,22,28H,11-12H2,1-2H3/b23-21-. The van der Waals surface area contributed by atoms with Crippen molar-refractivity contribution >= 4 is 29.1 Å². The predicted octanol–water partition coefficient (Wildman–Crippen LogP) is 4.91. The van der Waals surface area contributed by atoms with Gasteiger partial charge in [-0.1, -0.05) is 23.7 Å². The number of nitrogens with zero attached hydrogens (tertiary/aromatic N) is 1. The molecule has 6 nitrogen and oxygen atoms in total. The van der Waals surface area contributed by atoms with Gasteiger partial charge in [0.15, 0.2) is 0 Å². The van der Waals surface area contributed by atoms with Gasteiger partial charge in [0.25, 0.3) is 11.7 Å². The van der Waals surface area contributed by atoms with Gasteiger partial charge in [-0.2, -0.15) is 0 Å². The third-order valence-corrected chi connectivity index (χ3v) is 5.85. The van der Waals surface area contributed by atoms with E-state index in [1.54, 1.807) is 56.5 Å². The maximum absolute atomic E-state index is 13.0. The first kappa shape index (κ1) is 21.7. The number of halogens is 1. The van der Waals surface area contributed by atoms with Gasteiger partial charge in [-0.05, 0) is 66.9 Å².